The summed E-state index contributed by atoms with van der Waals surface area (Å²) in [4.78, 5) is 0. The molecule has 0 fully saturated rings. The molecule has 2 aromatic carbocycles. The molecule has 0 aliphatic heterocycles. The van der Waals surface area contributed by atoms with Gasteiger partial charge in [-0.25, -0.2) is 0 Å². The van der Waals surface area contributed by atoms with E-state index in [1.165, 1.54) is 0 Å². The molecule has 0 bridgehead atoms. The first kappa shape index (κ1) is 14.4. The third-order valence-corrected chi connectivity index (χ3v) is 4.11. The Morgan fingerprint density at radius 1 is 1.19 bits per heavy atom. The number of furan rings is 1. The fourth-order valence-electron chi connectivity index (χ4n) is 2.19. The average Bonchev–Trinajstić information content (AvgIpc) is 2.89. The summed E-state index contributed by atoms with van der Waals surface area (Å²) in [6, 6.07) is 12.6. The fourth-order valence-corrected chi connectivity index (χ4v) is 2.93. The van der Waals surface area contributed by atoms with E-state index in [9.17, 15) is 5.11 Å². The number of benzene rings is 2. The topological polar surface area (TPSA) is 42.6 Å². The molecule has 3 aromatic rings. The summed E-state index contributed by atoms with van der Waals surface area (Å²) in [5.74, 6) is 1.19. The summed E-state index contributed by atoms with van der Waals surface area (Å²) in [7, 11) is 1.60. The quantitative estimate of drug-likeness (QED) is 0.713. The first-order valence-corrected chi connectivity index (χ1v) is 7.46. The zero-order chi connectivity index (χ0) is 15.0. The van der Waals surface area contributed by atoms with Crippen molar-refractivity contribution in [2.24, 2.45) is 0 Å². The van der Waals surface area contributed by atoms with Crippen LogP contribution in [0.25, 0.3) is 11.0 Å². The van der Waals surface area contributed by atoms with Gasteiger partial charge in [0, 0.05) is 10.4 Å². The van der Waals surface area contributed by atoms with Crippen LogP contribution in [0.4, 0.5) is 0 Å². The van der Waals surface area contributed by atoms with Crippen molar-refractivity contribution in [3.63, 3.8) is 0 Å². The maximum absolute atomic E-state index is 10.5. The zero-order valence-corrected chi connectivity index (χ0v) is 13.5. The minimum Gasteiger partial charge on any atom is -0.496 e. The standard InChI is InChI=1S/C16H12BrClO3/c1-20-14-4-2-9(7-12(14)17)16(19)15-8-10-6-11(18)3-5-13(10)21-15/h2-8,16,19H,1H3. The molecule has 1 unspecified atom stereocenters. The van der Waals surface area contributed by atoms with E-state index in [4.69, 9.17) is 20.8 Å². The van der Waals surface area contributed by atoms with Crippen molar-refractivity contribution < 1.29 is 14.3 Å². The maximum Gasteiger partial charge on any atom is 0.138 e. The van der Waals surface area contributed by atoms with Gasteiger partial charge >= 0.3 is 0 Å². The molecule has 0 amide bonds. The molecule has 0 aliphatic rings. The zero-order valence-electron chi connectivity index (χ0n) is 11.1. The number of ether oxygens (including phenoxy) is 1. The molecule has 0 radical (unpaired) electrons. The van der Waals surface area contributed by atoms with Gasteiger partial charge in [0.2, 0.25) is 0 Å². The van der Waals surface area contributed by atoms with Crippen molar-refractivity contribution in [1.29, 1.82) is 0 Å². The Bertz CT molecular complexity index is 797. The Morgan fingerprint density at radius 3 is 2.71 bits per heavy atom. The van der Waals surface area contributed by atoms with Crippen molar-refractivity contribution in [3.8, 4) is 5.75 Å². The van der Waals surface area contributed by atoms with Crippen LogP contribution >= 0.6 is 27.5 Å². The smallest absolute Gasteiger partial charge is 0.138 e. The predicted molar refractivity (Wildman–Crippen MR) is 86.0 cm³/mol. The van der Waals surface area contributed by atoms with E-state index in [2.05, 4.69) is 15.9 Å². The molecule has 1 atom stereocenters. The Kier molecular flexibility index (Phi) is 3.93. The minimum atomic E-state index is -0.849. The van der Waals surface area contributed by atoms with E-state index in [0.717, 1.165) is 9.86 Å². The van der Waals surface area contributed by atoms with Gasteiger partial charge in [-0.2, -0.15) is 0 Å². The Morgan fingerprint density at radius 2 is 2.00 bits per heavy atom. The number of hydrogen-bond acceptors (Lipinski definition) is 3. The Balaban J connectivity index is 1.99. The Labute approximate surface area is 135 Å². The van der Waals surface area contributed by atoms with Crippen molar-refractivity contribution in [1.82, 2.24) is 0 Å². The lowest BCUT2D eigenvalue weighted by molar-refractivity contribution is 0.192. The highest BCUT2D eigenvalue weighted by Gasteiger charge is 2.17. The van der Waals surface area contributed by atoms with Crippen molar-refractivity contribution in [2.45, 2.75) is 6.10 Å². The first-order valence-electron chi connectivity index (χ1n) is 6.29. The van der Waals surface area contributed by atoms with Gasteiger partial charge in [-0.05, 0) is 57.9 Å². The van der Waals surface area contributed by atoms with Crippen LogP contribution in [0.15, 0.2) is 51.4 Å². The van der Waals surface area contributed by atoms with Crippen LogP contribution in [0.3, 0.4) is 0 Å². The van der Waals surface area contributed by atoms with Gasteiger partial charge in [0.25, 0.3) is 0 Å². The van der Waals surface area contributed by atoms with Gasteiger partial charge < -0.3 is 14.3 Å². The van der Waals surface area contributed by atoms with Crippen LogP contribution in [-0.2, 0) is 0 Å². The molecule has 3 rings (SSSR count). The highest BCUT2D eigenvalue weighted by molar-refractivity contribution is 9.10. The highest BCUT2D eigenvalue weighted by atomic mass is 79.9. The lowest BCUT2D eigenvalue weighted by Crippen LogP contribution is -1.98. The van der Waals surface area contributed by atoms with Gasteiger partial charge in [0.1, 0.15) is 23.2 Å². The maximum atomic E-state index is 10.5. The fraction of sp³-hybridized carbons (Fsp3) is 0.125. The number of methoxy groups -OCH3 is 1. The summed E-state index contributed by atoms with van der Waals surface area (Å²) in [5, 5.41) is 12.0. The second-order valence-corrected chi connectivity index (χ2v) is 5.92. The Hall–Kier alpha value is -1.49. The number of halogens is 2. The SMILES string of the molecule is COc1ccc(C(O)c2cc3cc(Cl)ccc3o2)cc1Br. The molecule has 5 heteroatoms. The number of hydrogen-bond donors (Lipinski definition) is 1. The summed E-state index contributed by atoms with van der Waals surface area (Å²) in [6.45, 7) is 0. The molecule has 108 valence electrons. The molecule has 0 aliphatic carbocycles. The first-order chi connectivity index (χ1) is 10.1. The van der Waals surface area contributed by atoms with Gasteiger partial charge in [0.05, 0.1) is 11.6 Å². The normalized spacial score (nSPS) is 12.6. The van der Waals surface area contributed by atoms with E-state index in [1.807, 2.05) is 6.07 Å². The molecular weight excluding hydrogens is 356 g/mol. The van der Waals surface area contributed by atoms with E-state index in [1.54, 1.807) is 43.5 Å². The summed E-state index contributed by atoms with van der Waals surface area (Å²) >= 11 is 9.36. The molecular formula is C16H12BrClO3. The van der Waals surface area contributed by atoms with Crippen LogP contribution in [0.5, 0.6) is 5.75 Å². The van der Waals surface area contributed by atoms with Crippen molar-refractivity contribution >= 4 is 38.5 Å². The van der Waals surface area contributed by atoms with Crippen molar-refractivity contribution in [3.05, 3.63) is 63.3 Å². The highest BCUT2D eigenvalue weighted by Crippen LogP contribution is 2.33. The largest absolute Gasteiger partial charge is 0.496 e. The van der Waals surface area contributed by atoms with Crippen molar-refractivity contribution in [2.75, 3.05) is 7.11 Å². The van der Waals surface area contributed by atoms with E-state index in [0.29, 0.717) is 27.7 Å². The van der Waals surface area contributed by atoms with Gasteiger partial charge in [-0.1, -0.05) is 17.7 Å². The second kappa shape index (κ2) is 5.72. The number of fused-ring (bicyclic) bond motifs is 1. The summed E-state index contributed by atoms with van der Waals surface area (Å²) in [6.07, 6.45) is -0.849. The van der Waals surface area contributed by atoms with Gasteiger partial charge in [-0.3, -0.25) is 0 Å². The molecule has 0 spiro atoms. The summed E-state index contributed by atoms with van der Waals surface area (Å²) in [5.41, 5.74) is 1.41. The monoisotopic (exact) mass is 366 g/mol. The third-order valence-electron chi connectivity index (χ3n) is 3.26. The lowest BCUT2D eigenvalue weighted by Gasteiger charge is -2.10. The van der Waals surface area contributed by atoms with E-state index in [-0.39, 0.29) is 0 Å². The number of aliphatic hydroxyl groups excluding tert-OH is 1. The van der Waals surface area contributed by atoms with Gasteiger partial charge in [0.15, 0.2) is 0 Å². The molecule has 1 aromatic heterocycles. The van der Waals surface area contributed by atoms with E-state index < -0.39 is 6.10 Å². The molecule has 3 nitrogen and oxygen atoms in total. The van der Waals surface area contributed by atoms with Crippen LogP contribution < -0.4 is 4.74 Å². The summed E-state index contributed by atoms with van der Waals surface area (Å²) < 4.78 is 11.6. The van der Waals surface area contributed by atoms with Gasteiger partial charge in [-0.15, -0.1) is 0 Å². The van der Waals surface area contributed by atoms with Crippen LogP contribution in [0.1, 0.15) is 17.4 Å². The lowest BCUT2D eigenvalue weighted by atomic mass is 10.1. The molecule has 1 N–H and O–H groups in total. The molecule has 0 saturated carbocycles. The predicted octanol–water partition coefficient (Wildman–Crippen LogP) is 4.94. The van der Waals surface area contributed by atoms with E-state index >= 15 is 0 Å². The third kappa shape index (κ3) is 2.79. The number of rotatable bonds is 3. The molecule has 0 saturated heterocycles. The minimum absolute atomic E-state index is 0.476. The number of aliphatic hydroxyl groups is 1. The van der Waals surface area contributed by atoms with Crippen LogP contribution in [0, 0.1) is 0 Å². The average molecular weight is 368 g/mol. The molecule has 1 heterocycles. The van der Waals surface area contributed by atoms with Crippen LogP contribution in [0.2, 0.25) is 5.02 Å². The molecule has 21 heavy (non-hydrogen) atoms. The van der Waals surface area contributed by atoms with Crippen LogP contribution in [-0.4, -0.2) is 12.2 Å². The second-order valence-electron chi connectivity index (χ2n) is 4.63.